The van der Waals surface area contributed by atoms with Crippen LogP contribution in [0.3, 0.4) is 0 Å². The van der Waals surface area contributed by atoms with Crippen LogP contribution in [0.1, 0.15) is 22.7 Å². The highest BCUT2D eigenvalue weighted by Gasteiger charge is 2.31. The highest BCUT2D eigenvalue weighted by Crippen LogP contribution is 2.31. The van der Waals surface area contributed by atoms with Crippen LogP contribution in [-0.2, 0) is 11.2 Å². The van der Waals surface area contributed by atoms with E-state index in [1.807, 2.05) is 54.6 Å². The van der Waals surface area contributed by atoms with E-state index < -0.39 is 6.10 Å². The molecule has 1 aliphatic rings. The van der Waals surface area contributed by atoms with Crippen LogP contribution in [0, 0.1) is 0 Å². The van der Waals surface area contributed by atoms with Gasteiger partial charge in [0.15, 0.2) is 0 Å². The molecular formula is C18H17NO2. The fraction of sp³-hybridized carbons (Fsp3) is 0.167. The minimum absolute atomic E-state index is 0.195. The van der Waals surface area contributed by atoms with Gasteiger partial charge in [-0.3, -0.25) is 4.79 Å². The topological polar surface area (TPSA) is 49.3 Å². The molecule has 0 aliphatic heterocycles. The Bertz CT molecular complexity index is 664. The molecule has 2 aromatic carbocycles. The average molecular weight is 279 g/mol. The SMILES string of the molecule is O=C(C=Cc1ccccc1)NC1c2ccccc2CC1O. The molecule has 3 rings (SSSR count). The van der Waals surface area contributed by atoms with Crippen molar-refractivity contribution in [1.82, 2.24) is 5.32 Å². The summed E-state index contributed by atoms with van der Waals surface area (Å²) in [6.07, 6.45) is 3.30. The first-order valence-corrected chi connectivity index (χ1v) is 7.03. The number of aliphatic hydroxyl groups is 1. The van der Waals surface area contributed by atoms with Crippen molar-refractivity contribution in [2.24, 2.45) is 0 Å². The largest absolute Gasteiger partial charge is 0.390 e. The summed E-state index contributed by atoms with van der Waals surface area (Å²) < 4.78 is 0. The Hall–Kier alpha value is -2.39. The number of hydrogen-bond acceptors (Lipinski definition) is 2. The molecule has 0 spiro atoms. The van der Waals surface area contributed by atoms with Gasteiger partial charge in [0.25, 0.3) is 0 Å². The van der Waals surface area contributed by atoms with Crippen LogP contribution in [0.25, 0.3) is 6.08 Å². The maximum atomic E-state index is 12.0. The van der Waals surface area contributed by atoms with Crippen LogP contribution in [-0.4, -0.2) is 17.1 Å². The fourth-order valence-corrected chi connectivity index (χ4v) is 2.69. The molecule has 0 fully saturated rings. The second-order valence-electron chi connectivity index (χ2n) is 5.20. The highest BCUT2D eigenvalue weighted by atomic mass is 16.3. The van der Waals surface area contributed by atoms with Crippen molar-refractivity contribution in [2.45, 2.75) is 18.6 Å². The van der Waals surface area contributed by atoms with Crippen LogP contribution in [0.4, 0.5) is 0 Å². The van der Waals surface area contributed by atoms with Gasteiger partial charge in [0.1, 0.15) is 0 Å². The fourth-order valence-electron chi connectivity index (χ4n) is 2.69. The molecule has 0 bridgehead atoms. The predicted molar refractivity (Wildman–Crippen MR) is 82.5 cm³/mol. The van der Waals surface area contributed by atoms with E-state index in [4.69, 9.17) is 0 Å². The summed E-state index contributed by atoms with van der Waals surface area (Å²) in [6.45, 7) is 0. The summed E-state index contributed by atoms with van der Waals surface area (Å²) in [5, 5.41) is 13.0. The molecule has 0 aromatic heterocycles. The smallest absolute Gasteiger partial charge is 0.244 e. The van der Waals surface area contributed by atoms with Gasteiger partial charge in [-0.15, -0.1) is 0 Å². The third-order valence-electron chi connectivity index (χ3n) is 3.73. The van der Waals surface area contributed by atoms with E-state index in [0.717, 1.165) is 16.7 Å². The van der Waals surface area contributed by atoms with E-state index in [9.17, 15) is 9.90 Å². The summed E-state index contributed by atoms with van der Waals surface area (Å²) in [4.78, 5) is 12.0. The lowest BCUT2D eigenvalue weighted by atomic mass is 10.1. The van der Waals surface area contributed by atoms with Gasteiger partial charge in [-0.2, -0.15) is 0 Å². The number of carbonyl (C=O) groups excluding carboxylic acids is 1. The Kier molecular flexibility index (Phi) is 3.84. The number of aliphatic hydroxyl groups excluding tert-OH is 1. The molecule has 2 atom stereocenters. The van der Waals surface area contributed by atoms with Crippen molar-refractivity contribution >= 4 is 12.0 Å². The molecule has 0 saturated carbocycles. The minimum atomic E-state index is -0.559. The van der Waals surface area contributed by atoms with Gasteiger partial charge in [0.2, 0.25) is 5.91 Å². The standard InChI is InChI=1S/C18H17NO2/c20-16-12-14-8-4-5-9-15(14)18(16)19-17(21)11-10-13-6-2-1-3-7-13/h1-11,16,18,20H,12H2,(H,19,21). The van der Waals surface area contributed by atoms with Crippen LogP contribution in [0.2, 0.25) is 0 Å². The van der Waals surface area contributed by atoms with Gasteiger partial charge < -0.3 is 10.4 Å². The van der Waals surface area contributed by atoms with Gasteiger partial charge in [-0.05, 0) is 22.8 Å². The van der Waals surface area contributed by atoms with E-state index in [1.165, 1.54) is 6.08 Å². The van der Waals surface area contributed by atoms with Gasteiger partial charge in [0.05, 0.1) is 12.1 Å². The summed E-state index contributed by atoms with van der Waals surface area (Å²) in [5.74, 6) is -0.195. The number of benzene rings is 2. The van der Waals surface area contributed by atoms with Crippen molar-refractivity contribution in [3.8, 4) is 0 Å². The van der Waals surface area contributed by atoms with Gasteiger partial charge in [-0.1, -0.05) is 54.6 Å². The molecule has 21 heavy (non-hydrogen) atoms. The third-order valence-corrected chi connectivity index (χ3v) is 3.73. The van der Waals surface area contributed by atoms with Gasteiger partial charge in [-0.25, -0.2) is 0 Å². The Balaban J connectivity index is 1.69. The molecule has 2 N–H and O–H groups in total. The zero-order chi connectivity index (χ0) is 14.7. The molecule has 2 aromatic rings. The van der Waals surface area contributed by atoms with E-state index >= 15 is 0 Å². The minimum Gasteiger partial charge on any atom is -0.390 e. The van der Waals surface area contributed by atoms with Crippen molar-refractivity contribution in [1.29, 1.82) is 0 Å². The molecule has 3 nitrogen and oxygen atoms in total. The number of carbonyl (C=O) groups is 1. The molecular weight excluding hydrogens is 262 g/mol. The number of amides is 1. The first-order valence-electron chi connectivity index (χ1n) is 7.03. The zero-order valence-electron chi connectivity index (χ0n) is 11.6. The van der Waals surface area contributed by atoms with Crippen molar-refractivity contribution in [3.63, 3.8) is 0 Å². The predicted octanol–water partition coefficient (Wildman–Crippen LogP) is 2.47. The first kappa shape index (κ1) is 13.6. The highest BCUT2D eigenvalue weighted by molar-refractivity contribution is 5.92. The normalized spacial score (nSPS) is 20.4. The molecule has 1 aliphatic carbocycles. The number of rotatable bonds is 3. The monoisotopic (exact) mass is 279 g/mol. The maximum Gasteiger partial charge on any atom is 0.244 e. The molecule has 106 valence electrons. The second-order valence-corrected chi connectivity index (χ2v) is 5.20. The van der Waals surface area contributed by atoms with E-state index in [0.29, 0.717) is 6.42 Å². The molecule has 0 radical (unpaired) electrons. The van der Waals surface area contributed by atoms with E-state index in [2.05, 4.69) is 5.32 Å². The van der Waals surface area contributed by atoms with Crippen LogP contribution in [0.5, 0.6) is 0 Å². The van der Waals surface area contributed by atoms with Crippen LogP contribution in [0.15, 0.2) is 60.7 Å². The number of nitrogens with one attached hydrogen (secondary N) is 1. The summed E-state index contributed by atoms with van der Waals surface area (Å²) >= 11 is 0. The van der Waals surface area contributed by atoms with Crippen molar-refractivity contribution in [2.75, 3.05) is 0 Å². The zero-order valence-corrected chi connectivity index (χ0v) is 11.6. The Morgan fingerprint density at radius 2 is 1.81 bits per heavy atom. The van der Waals surface area contributed by atoms with Crippen molar-refractivity contribution < 1.29 is 9.90 Å². The second kappa shape index (κ2) is 5.94. The van der Waals surface area contributed by atoms with Crippen molar-refractivity contribution in [3.05, 3.63) is 77.4 Å². The lowest BCUT2D eigenvalue weighted by Gasteiger charge is -2.16. The maximum absolute atomic E-state index is 12.0. The first-order chi connectivity index (χ1) is 10.2. The lowest BCUT2D eigenvalue weighted by molar-refractivity contribution is -0.117. The van der Waals surface area contributed by atoms with Gasteiger partial charge in [0, 0.05) is 12.5 Å². The summed E-state index contributed by atoms with van der Waals surface area (Å²) in [7, 11) is 0. The Morgan fingerprint density at radius 3 is 2.62 bits per heavy atom. The molecule has 0 saturated heterocycles. The van der Waals surface area contributed by atoms with E-state index in [1.54, 1.807) is 6.08 Å². The number of hydrogen-bond donors (Lipinski definition) is 2. The van der Waals surface area contributed by atoms with Gasteiger partial charge >= 0.3 is 0 Å². The third kappa shape index (κ3) is 3.03. The summed E-state index contributed by atoms with van der Waals surface area (Å²) in [6, 6.07) is 17.1. The Morgan fingerprint density at radius 1 is 1.10 bits per heavy atom. The molecule has 3 heteroatoms. The van der Waals surface area contributed by atoms with E-state index in [-0.39, 0.29) is 11.9 Å². The summed E-state index contributed by atoms with van der Waals surface area (Å²) in [5.41, 5.74) is 3.08. The lowest BCUT2D eigenvalue weighted by Crippen LogP contribution is -2.32. The van der Waals surface area contributed by atoms with Crippen LogP contribution >= 0.6 is 0 Å². The quantitative estimate of drug-likeness (QED) is 0.848. The molecule has 2 unspecified atom stereocenters. The molecule has 0 heterocycles. The molecule has 1 amide bonds. The average Bonchev–Trinajstić information content (AvgIpc) is 2.82. The Labute approximate surface area is 123 Å². The van der Waals surface area contributed by atoms with Crippen LogP contribution < -0.4 is 5.32 Å². The number of fused-ring (bicyclic) bond motifs is 1.